The van der Waals surface area contributed by atoms with E-state index < -0.39 is 0 Å². The van der Waals surface area contributed by atoms with Gasteiger partial charge in [-0.05, 0) is 77.4 Å². The zero-order valence-electron chi connectivity index (χ0n) is 29.8. The third-order valence-corrected chi connectivity index (χ3v) is 10.6. The van der Waals surface area contributed by atoms with Crippen LogP contribution in [0, 0.1) is 0 Å². The maximum Gasteiger partial charge on any atom is 0.164 e. The van der Waals surface area contributed by atoms with Crippen LogP contribution < -0.4 is 0 Å². The Kier molecular flexibility index (Phi) is 7.65. The molecule has 5 aromatic carbocycles. The van der Waals surface area contributed by atoms with Gasteiger partial charge in [-0.2, -0.15) is 0 Å². The van der Waals surface area contributed by atoms with Crippen LogP contribution in [-0.2, 0) is 0 Å². The number of allylic oxidation sites excluding steroid dienone is 10. The molecule has 0 N–H and O–H groups in total. The highest BCUT2D eigenvalue weighted by Crippen LogP contribution is 2.42. The molecule has 5 nitrogen and oxygen atoms in total. The predicted octanol–water partition coefficient (Wildman–Crippen LogP) is 13.2. The Morgan fingerprint density at radius 1 is 0.704 bits per heavy atom. The summed E-state index contributed by atoms with van der Waals surface area (Å²) >= 11 is 0. The molecule has 258 valence electrons. The summed E-state index contributed by atoms with van der Waals surface area (Å²) in [6.07, 6.45) is 20.6. The van der Waals surface area contributed by atoms with Crippen LogP contribution in [0.5, 0.6) is 0 Å². The molecule has 0 aliphatic heterocycles. The lowest BCUT2D eigenvalue weighted by Crippen LogP contribution is -2.05. The molecular weight excluding hydrogens is 663 g/mol. The fourth-order valence-electron chi connectivity index (χ4n) is 7.88. The monoisotopic (exact) mass is 697 g/mol. The van der Waals surface area contributed by atoms with Gasteiger partial charge in [0.15, 0.2) is 17.5 Å². The minimum atomic E-state index is 0.408. The molecule has 0 fully saturated rings. The van der Waals surface area contributed by atoms with Crippen molar-refractivity contribution in [1.82, 2.24) is 15.0 Å². The normalized spacial score (nSPS) is 16.3. The second kappa shape index (κ2) is 13.0. The van der Waals surface area contributed by atoms with Gasteiger partial charge in [-0.1, -0.05) is 129 Å². The molecular formula is C49H35N3O2. The van der Waals surface area contributed by atoms with Crippen molar-refractivity contribution >= 4 is 55.5 Å². The van der Waals surface area contributed by atoms with Gasteiger partial charge in [0.2, 0.25) is 0 Å². The number of furan rings is 2. The third-order valence-electron chi connectivity index (χ3n) is 10.6. The van der Waals surface area contributed by atoms with E-state index in [1.54, 1.807) is 6.08 Å². The second-order valence-electron chi connectivity index (χ2n) is 14.0. The van der Waals surface area contributed by atoms with Gasteiger partial charge in [-0.3, -0.25) is 0 Å². The van der Waals surface area contributed by atoms with Crippen molar-refractivity contribution in [3.8, 4) is 33.9 Å². The molecule has 0 spiro atoms. The number of hydrogen-bond acceptors (Lipinski definition) is 5. The number of para-hydroxylation sites is 2. The van der Waals surface area contributed by atoms with Gasteiger partial charge in [-0.15, -0.1) is 0 Å². The van der Waals surface area contributed by atoms with Crippen LogP contribution in [0.2, 0.25) is 0 Å². The number of hydrogen-bond donors (Lipinski definition) is 0. The van der Waals surface area contributed by atoms with Gasteiger partial charge in [-0.25, -0.2) is 15.0 Å². The van der Waals surface area contributed by atoms with Crippen LogP contribution in [0.25, 0.3) is 89.4 Å². The largest absolute Gasteiger partial charge is 0.456 e. The van der Waals surface area contributed by atoms with E-state index in [9.17, 15) is 0 Å². The van der Waals surface area contributed by atoms with E-state index in [1.165, 1.54) is 16.7 Å². The first-order valence-electron chi connectivity index (χ1n) is 18.4. The van der Waals surface area contributed by atoms with Crippen LogP contribution in [0.3, 0.4) is 0 Å². The van der Waals surface area contributed by atoms with Crippen molar-refractivity contribution in [2.24, 2.45) is 0 Å². The van der Waals surface area contributed by atoms with E-state index in [0.717, 1.165) is 84.5 Å². The molecule has 0 saturated heterocycles. The van der Waals surface area contributed by atoms with Crippen molar-refractivity contribution in [3.05, 3.63) is 175 Å². The molecule has 1 atom stereocenters. The zero-order valence-corrected chi connectivity index (χ0v) is 29.8. The molecule has 0 saturated carbocycles. The van der Waals surface area contributed by atoms with Gasteiger partial charge in [0.25, 0.3) is 0 Å². The topological polar surface area (TPSA) is 65.0 Å². The molecule has 10 rings (SSSR count). The van der Waals surface area contributed by atoms with E-state index in [4.69, 9.17) is 23.8 Å². The first kappa shape index (κ1) is 31.9. The summed E-state index contributed by atoms with van der Waals surface area (Å²) in [5.41, 5.74) is 11.8. The molecule has 2 aliphatic carbocycles. The minimum Gasteiger partial charge on any atom is -0.456 e. The van der Waals surface area contributed by atoms with Crippen LogP contribution >= 0.6 is 0 Å². The fourth-order valence-corrected chi connectivity index (χ4v) is 7.88. The summed E-state index contributed by atoms with van der Waals surface area (Å²) in [5.74, 6) is 2.20. The highest BCUT2D eigenvalue weighted by atomic mass is 16.3. The molecule has 2 aliphatic rings. The second-order valence-corrected chi connectivity index (χ2v) is 14.0. The van der Waals surface area contributed by atoms with Gasteiger partial charge in [0.05, 0.1) is 0 Å². The smallest absolute Gasteiger partial charge is 0.164 e. The summed E-state index contributed by atoms with van der Waals surface area (Å²) in [5, 5.41) is 4.13. The van der Waals surface area contributed by atoms with Gasteiger partial charge >= 0.3 is 0 Å². The summed E-state index contributed by atoms with van der Waals surface area (Å²) in [7, 11) is 0. The Morgan fingerprint density at radius 3 is 2.43 bits per heavy atom. The Bertz CT molecular complexity index is 2980. The van der Waals surface area contributed by atoms with Crippen molar-refractivity contribution in [2.45, 2.75) is 25.7 Å². The molecule has 54 heavy (non-hydrogen) atoms. The molecule has 0 bridgehead atoms. The van der Waals surface area contributed by atoms with Gasteiger partial charge in [0.1, 0.15) is 22.3 Å². The molecule has 0 radical (unpaired) electrons. The quantitative estimate of drug-likeness (QED) is 0.162. The Morgan fingerprint density at radius 2 is 1.52 bits per heavy atom. The average molecular weight is 698 g/mol. The predicted molar refractivity (Wildman–Crippen MR) is 222 cm³/mol. The van der Waals surface area contributed by atoms with Crippen LogP contribution in [-0.4, -0.2) is 15.0 Å². The highest BCUT2D eigenvalue weighted by Gasteiger charge is 2.21. The molecule has 3 heterocycles. The summed E-state index contributed by atoms with van der Waals surface area (Å²) in [6, 6.07) is 33.5. The maximum absolute atomic E-state index is 6.74. The van der Waals surface area contributed by atoms with Crippen molar-refractivity contribution in [3.63, 3.8) is 0 Å². The summed E-state index contributed by atoms with van der Waals surface area (Å²) < 4.78 is 12.9. The highest BCUT2D eigenvalue weighted by molar-refractivity contribution is 6.15. The molecule has 8 aromatic rings. The number of benzene rings is 5. The standard InChI is InChI=1S/C49H35N3O2/c1-3-12-34(27-31-14-5-4-6-15-31)47-50-48(35-24-23-32-16-9-13-30(2)40(32)29-35)52-49(51-47)39-20-11-22-44-45(39)38-19-10-18-36(46(38)54-44)33-25-26-43-41(28-33)37-17-7-8-21-42(37)53-43/h3-12,14,16-30H,1,13,15H2,2H3/b31-27-,34-12+. The summed E-state index contributed by atoms with van der Waals surface area (Å²) in [6.45, 7) is 6.31. The molecule has 0 amide bonds. The molecule has 3 aromatic heterocycles. The molecule has 5 heteroatoms. The lowest BCUT2D eigenvalue weighted by atomic mass is 9.87. The van der Waals surface area contributed by atoms with Gasteiger partial charge in [0, 0.05) is 43.8 Å². The lowest BCUT2D eigenvalue weighted by Gasteiger charge is -2.18. The van der Waals surface area contributed by atoms with Crippen molar-refractivity contribution < 1.29 is 8.83 Å². The maximum atomic E-state index is 6.74. The van der Waals surface area contributed by atoms with Crippen LogP contribution in [0.15, 0.2) is 167 Å². The number of fused-ring (bicyclic) bond motifs is 7. The SMILES string of the molecule is C=C/C=C(\C=C1\C=CC=CC1)c1nc(-c2ccc3c(c2)C(C)CC=C3)nc(-c2cccc3oc4c(-c5ccc6oc7ccccc7c6c5)cccc4c23)n1. The van der Waals surface area contributed by atoms with Crippen LogP contribution in [0.4, 0.5) is 0 Å². The lowest BCUT2D eigenvalue weighted by molar-refractivity contribution is 0.668. The van der Waals surface area contributed by atoms with Crippen LogP contribution in [0.1, 0.15) is 42.6 Å². The van der Waals surface area contributed by atoms with E-state index in [2.05, 4.69) is 117 Å². The number of rotatable bonds is 6. The minimum absolute atomic E-state index is 0.408. The summed E-state index contributed by atoms with van der Waals surface area (Å²) in [4.78, 5) is 15.6. The Balaban J connectivity index is 1.17. The first-order chi connectivity index (χ1) is 26.6. The third kappa shape index (κ3) is 5.44. The van der Waals surface area contributed by atoms with E-state index in [1.807, 2.05) is 42.5 Å². The van der Waals surface area contributed by atoms with Crippen molar-refractivity contribution in [1.29, 1.82) is 0 Å². The van der Waals surface area contributed by atoms with Crippen molar-refractivity contribution in [2.75, 3.05) is 0 Å². The Hall–Kier alpha value is -6.85. The Labute approximate surface area is 312 Å². The molecule has 1 unspecified atom stereocenters. The zero-order chi connectivity index (χ0) is 36.2. The van der Waals surface area contributed by atoms with E-state index in [0.29, 0.717) is 23.4 Å². The van der Waals surface area contributed by atoms with E-state index >= 15 is 0 Å². The van der Waals surface area contributed by atoms with Gasteiger partial charge < -0.3 is 8.83 Å². The fraction of sp³-hybridized carbons (Fsp3) is 0.0816. The number of nitrogens with zero attached hydrogens (tertiary/aromatic N) is 3. The average Bonchev–Trinajstić information content (AvgIpc) is 3.79. The first-order valence-corrected chi connectivity index (χ1v) is 18.4. The van der Waals surface area contributed by atoms with E-state index in [-0.39, 0.29) is 0 Å². The number of aromatic nitrogens is 3.